The Bertz CT molecular complexity index is 617. The molecule has 23 heavy (non-hydrogen) atoms. The van der Waals surface area contributed by atoms with Crippen molar-refractivity contribution < 1.29 is 8.42 Å². The number of nitrogens with one attached hydrogen (secondary N) is 1. The predicted octanol–water partition coefficient (Wildman–Crippen LogP) is 1.11. The summed E-state index contributed by atoms with van der Waals surface area (Å²) in [5.41, 5.74) is 1.15. The Morgan fingerprint density at radius 2 is 1.96 bits per heavy atom. The molecule has 7 heteroatoms. The molecule has 0 spiro atoms. The summed E-state index contributed by atoms with van der Waals surface area (Å²) in [7, 11) is 1.09. The zero-order chi connectivity index (χ0) is 16.9. The van der Waals surface area contributed by atoms with Crippen molar-refractivity contribution in [3.8, 4) is 0 Å². The van der Waals surface area contributed by atoms with E-state index in [1.54, 1.807) is 0 Å². The highest BCUT2D eigenvalue weighted by Gasteiger charge is 2.33. The Kier molecular flexibility index (Phi) is 6.38. The van der Waals surface area contributed by atoms with Crippen LogP contribution in [0.2, 0.25) is 0 Å². The van der Waals surface area contributed by atoms with E-state index in [1.165, 1.54) is 0 Å². The van der Waals surface area contributed by atoms with Crippen molar-refractivity contribution in [3.05, 3.63) is 35.9 Å². The maximum absolute atomic E-state index is 11.8. The van der Waals surface area contributed by atoms with Gasteiger partial charge in [-0.15, -0.1) is 0 Å². The van der Waals surface area contributed by atoms with Gasteiger partial charge in [0.1, 0.15) is 0 Å². The van der Waals surface area contributed by atoms with Crippen LogP contribution in [-0.4, -0.2) is 68.1 Å². The van der Waals surface area contributed by atoms with Crippen LogP contribution in [0.3, 0.4) is 0 Å². The lowest BCUT2D eigenvalue weighted by molar-refractivity contribution is 0.283. The molecule has 0 bridgehead atoms. The van der Waals surface area contributed by atoms with Gasteiger partial charge in [0.2, 0.25) is 0 Å². The van der Waals surface area contributed by atoms with Gasteiger partial charge in [-0.3, -0.25) is 0 Å². The van der Waals surface area contributed by atoms with Gasteiger partial charge in [-0.1, -0.05) is 30.3 Å². The number of nitrogens with zero attached hydrogens (tertiary/aromatic N) is 2. The van der Waals surface area contributed by atoms with E-state index >= 15 is 0 Å². The first-order valence-electron chi connectivity index (χ1n) is 7.81. The smallest absolute Gasteiger partial charge is 0.169 e. The van der Waals surface area contributed by atoms with Crippen LogP contribution in [-0.2, 0) is 16.4 Å². The zero-order valence-electron chi connectivity index (χ0n) is 13.7. The Labute approximate surface area is 144 Å². The Balaban J connectivity index is 1.99. The summed E-state index contributed by atoms with van der Waals surface area (Å²) >= 11 is 5.54. The highest BCUT2D eigenvalue weighted by molar-refractivity contribution is 7.91. The fraction of sp³-hybridized carbons (Fsp3) is 0.562. The Morgan fingerprint density at radius 3 is 2.52 bits per heavy atom. The summed E-state index contributed by atoms with van der Waals surface area (Å²) in [6, 6.07) is 10.0. The number of sulfone groups is 1. The molecule has 2 rings (SSSR count). The predicted molar refractivity (Wildman–Crippen MR) is 98.2 cm³/mol. The number of likely N-dealkylation sites (N-methyl/N-ethyl adjacent to an activating group) is 1. The van der Waals surface area contributed by atoms with Crippen LogP contribution in [0, 0.1) is 0 Å². The fourth-order valence-electron chi connectivity index (χ4n) is 2.65. The summed E-state index contributed by atoms with van der Waals surface area (Å²) in [6.07, 6.45) is 0.656. The van der Waals surface area contributed by atoms with E-state index in [1.807, 2.05) is 49.3 Å². The maximum atomic E-state index is 11.8. The zero-order valence-corrected chi connectivity index (χ0v) is 15.4. The van der Waals surface area contributed by atoms with Gasteiger partial charge < -0.3 is 15.1 Å². The van der Waals surface area contributed by atoms with Crippen molar-refractivity contribution in [1.82, 2.24) is 15.1 Å². The molecular weight excluding hydrogens is 330 g/mol. The van der Waals surface area contributed by atoms with E-state index in [9.17, 15) is 8.42 Å². The maximum Gasteiger partial charge on any atom is 0.169 e. The van der Waals surface area contributed by atoms with Crippen molar-refractivity contribution in [2.24, 2.45) is 0 Å². The van der Waals surface area contributed by atoms with Crippen LogP contribution in [0.5, 0.6) is 0 Å². The first kappa shape index (κ1) is 18.2. The highest BCUT2D eigenvalue weighted by atomic mass is 32.2. The summed E-state index contributed by atoms with van der Waals surface area (Å²) in [6.45, 7) is 2.22. The average molecular weight is 356 g/mol. The first-order chi connectivity index (χ1) is 10.9. The molecule has 0 unspecified atom stereocenters. The Hall–Kier alpha value is -1.18. The number of thiocarbonyl (C=S) groups is 1. The molecule has 1 atom stereocenters. The molecule has 0 aromatic heterocycles. The van der Waals surface area contributed by atoms with Crippen LogP contribution < -0.4 is 5.32 Å². The van der Waals surface area contributed by atoms with Gasteiger partial charge in [0.15, 0.2) is 14.9 Å². The average Bonchev–Trinajstić information content (AvgIpc) is 2.86. The second-order valence-electron chi connectivity index (χ2n) is 6.20. The van der Waals surface area contributed by atoms with Crippen molar-refractivity contribution in [2.75, 3.05) is 38.7 Å². The van der Waals surface area contributed by atoms with Gasteiger partial charge >= 0.3 is 0 Å². The molecule has 1 heterocycles. The summed E-state index contributed by atoms with van der Waals surface area (Å²) < 4.78 is 23.6. The summed E-state index contributed by atoms with van der Waals surface area (Å²) in [4.78, 5) is 4.12. The molecule has 0 aliphatic carbocycles. The van der Waals surface area contributed by atoms with Gasteiger partial charge in [0.05, 0.1) is 11.5 Å². The van der Waals surface area contributed by atoms with E-state index < -0.39 is 9.84 Å². The molecule has 1 saturated heterocycles. The van der Waals surface area contributed by atoms with Gasteiger partial charge in [0, 0.05) is 25.7 Å². The topological polar surface area (TPSA) is 52.6 Å². The van der Waals surface area contributed by atoms with E-state index in [0.717, 1.165) is 18.7 Å². The SMILES string of the molecule is CN(C)CCN(C(=S)NCc1ccccc1)[C@@H]1CCS(=O)(=O)C1. The van der Waals surface area contributed by atoms with E-state index in [2.05, 4.69) is 10.2 Å². The minimum atomic E-state index is -2.92. The molecule has 0 radical (unpaired) electrons. The molecule has 1 aliphatic heterocycles. The van der Waals surface area contributed by atoms with Gasteiger partial charge in [-0.2, -0.15) is 0 Å². The quantitative estimate of drug-likeness (QED) is 0.772. The molecular formula is C16H25N3O2S2. The van der Waals surface area contributed by atoms with Crippen molar-refractivity contribution in [2.45, 2.75) is 19.0 Å². The first-order valence-corrected chi connectivity index (χ1v) is 10.0. The van der Waals surface area contributed by atoms with Crippen LogP contribution >= 0.6 is 12.2 Å². The van der Waals surface area contributed by atoms with Crippen LogP contribution in [0.25, 0.3) is 0 Å². The fourth-order valence-corrected chi connectivity index (χ4v) is 4.70. The molecule has 5 nitrogen and oxygen atoms in total. The second-order valence-corrected chi connectivity index (χ2v) is 8.81. The van der Waals surface area contributed by atoms with Crippen LogP contribution in [0.15, 0.2) is 30.3 Å². The number of benzene rings is 1. The van der Waals surface area contributed by atoms with Gasteiger partial charge in [-0.25, -0.2) is 8.42 Å². The van der Waals surface area contributed by atoms with Crippen LogP contribution in [0.1, 0.15) is 12.0 Å². The number of hydrogen-bond acceptors (Lipinski definition) is 4. The lowest BCUT2D eigenvalue weighted by Gasteiger charge is -2.32. The van der Waals surface area contributed by atoms with E-state index in [-0.39, 0.29) is 17.5 Å². The minimum Gasteiger partial charge on any atom is -0.358 e. The lowest BCUT2D eigenvalue weighted by atomic mass is 10.2. The molecule has 1 aromatic rings. The van der Waals surface area contributed by atoms with Gasteiger partial charge in [0.25, 0.3) is 0 Å². The van der Waals surface area contributed by atoms with Crippen molar-refractivity contribution >= 4 is 27.2 Å². The molecule has 0 saturated carbocycles. The van der Waals surface area contributed by atoms with Gasteiger partial charge in [-0.05, 0) is 38.3 Å². The molecule has 0 amide bonds. The number of rotatable bonds is 6. The normalized spacial score (nSPS) is 19.7. The van der Waals surface area contributed by atoms with E-state index in [4.69, 9.17) is 12.2 Å². The van der Waals surface area contributed by atoms with E-state index in [0.29, 0.717) is 18.1 Å². The molecule has 1 fully saturated rings. The van der Waals surface area contributed by atoms with Crippen LogP contribution in [0.4, 0.5) is 0 Å². The highest BCUT2D eigenvalue weighted by Crippen LogP contribution is 2.18. The largest absolute Gasteiger partial charge is 0.358 e. The molecule has 1 aliphatic rings. The van der Waals surface area contributed by atoms with Crippen molar-refractivity contribution in [1.29, 1.82) is 0 Å². The molecule has 1 aromatic carbocycles. The molecule has 128 valence electrons. The standard InChI is InChI=1S/C16H25N3O2S2/c1-18(2)9-10-19(15-8-11-23(20,21)13-15)16(22)17-12-14-6-4-3-5-7-14/h3-7,15H,8-13H2,1-2H3,(H,17,22)/t15-/m1/s1. The summed E-state index contributed by atoms with van der Waals surface area (Å²) in [5, 5.41) is 3.91. The third kappa shape index (κ3) is 5.75. The molecule has 1 N–H and O–H groups in total. The monoisotopic (exact) mass is 355 g/mol. The second kappa shape index (κ2) is 8.08. The Morgan fingerprint density at radius 1 is 1.26 bits per heavy atom. The minimum absolute atomic E-state index is 0.0178. The third-order valence-corrected chi connectivity index (χ3v) is 6.11. The number of hydrogen-bond donors (Lipinski definition) is 1. The lowest BCUT2D eigenvalue weighted by Crippen LogP contribution is -2.48. The van der Waals surface area contributed by atoms with Crippen molar-refractivity contribution in [3.63, 3.8) is 0 Å². The summed E-state index contributed by atoms with van der Waals surface area (Å²) in [5.74, 6) is 0.463. The third-order valence-electron chi connectivity index (χ3n) is 3.98.